The first-order valence-electron chi connectivity index (χ1n) is 8.70. The van der Waals surface area contributed by atoms with Crippen LogP contribution < -0.4 is 4.90 Å². The van der Waals surface area contributed by atoms with E-state index in [1.54, 1.807) is 45.0 Å². The van der Waals surface area contributed by atoms with E-state index >= 15 is 0 Å². The van der Waals surface area contributed by atoms with Crippen LogP contribution in [-0.4, -0.2) is 29.9 Å². The lowest BCUT2D eigenvalue weighted by molar-refractivity contribution is -0.123. The summed E-state index contributed by atoms with van der Waals surface area (Å²) in [5.41, 5.74) is -0.0958. The van der Waals surface area contributed by atoms with Gasteiger partial charge in [-0.2, -0.15) is 0 Å². The Kier molecular flexibility index (Phi) is 4.85. The van der Waals surface area contributed by atoms with Gasteiger partial charge in [0.1, 0.15) is 11.8 Å². The van der Waals surface area contributed by atoms with Crippen LogP contribution in [0.1, 0.15) is 42.9 Å². The molecule has 1 atom stereocenters. The number of carbonyl (C=O) groups excluding carboxylic acids is 3. The highest BCUT2D eigenvalue weighted by atomic mass is 16.5. The Labute approximate surface area is 162 Å². The molecule has 0 bridgehead atoms. The summed E-state index contributed by atoms with van der Waals surface area (Å²) in [4.78, 5) is 38.8. The molecule has 3 rings (SSSR count). The lowest BCUT2D eigenvalue weighted by atomic mass is 9.83. The summed E-state index contributed by atoms with van der Waals surface area (Å²) in [5.74, 6) is -1.82. The van der Waals surface area contributed by atoms with Crippen molar-refractivity contribution >= 4 is 23.3 Å². The highest BCUT2D eigenvalue weighted by Gasteiger charge is 2.47. The van der Waals surface area contributed by atoms with E-state index in [0.29, 0.717) is 17.0 Å². The molecule has 7 heteroatoms. The summed E-state index contributed by atoms with van der Waals surface area (Å²) in [6.45, 7) is 5.15. The number of ketones is 1. The van der Waals surface area contributed by atoms with Crippen molar-refractivity contribution < 1.29 is 28.6 Å². The first-order chi connectivity index (χ1) is 13.2. The van der Waals surface area contributed by atoms with Crippen molar-refractivity contribution in [3.8, 4) is 0 Å². The smallest absolute Gasteiger partial charge is 0.337 e. The highest BCUT2D eigenvalue weighted by molar-refractivity contribution is 6.17. The number of anilines is 1. The van der Waals surface area contributed by atoms with Crippen molar-refractivity contribution in [3.63, 3.8) is 0 Å². The number of methoxy groups -OCH3 is 1. The number of Topliss-reactive ketones (excluding diaryl/α,β-unsaturated/α-hetero) is 1. The standard InChI is InChI=1S/C21H21NO6/c1-21(2,3)18(24)15-16(14-6-5-11-28-14)22(19(25)17(15)23)13-9-7-12(8-10-13)20(26)27-4/h5-11,16,23H,1-4H3. The molecule has 1 N–H and O–H groups in total. The van der Waals surface area contributed by atoms with Gasteiger partial charge < -0.3 is 14.3 Å². The molecule has 1 unspecified atom stereocenters. The number of rotatable bonds is 4. The molecule has 28 heavy (non-hydrogen) atoms. The maximum absolute atomic E-state index is 13.0. The van der Waals surface area contributed by atoms with E-state index in [-0.39, 0.29) is 11.4 Å². The largest absolute Gasteiger partial charge is 0.503 e. The SMILES string of the molecule is COC(=O)c1ccc(N2C(=O)C(O)=C(C(=O)C(C)(C)C)C2c2ccco2)cc1. The predicted octanol–water partition coefficient (Wildman–Crippen LogP) is 3.58. The van der Waals surface area contributed by atoms with Crippen LogP contribution in [0.2, 0.25) is 0 Å². The molecule has 1 aliphatic rings. The molecule has 0 spiro atoms. The Morgan fingerprint density at radius 1 is 1.14 bits per heavy atom. The zero-order chi connectivity index (χ0) is 20.6. The molecular formula is C21H21NO6. The molecule has 0 saturated carbocycles. The minimum absolute atomic E-state index is 0.00973. The van der Waals surface area contributed by atoms with Crippen LogP contribution >= 0.6 is 0 Å². The Hall–Kier alpha value is -3.35. The molecule has 1 aromatic heterocycles. The molecule has 1 aliphatic heterocycles. The number of hydrogen-bond donors (Lipinski definition) is 1. The number of ether oxygens (including phenoxy) is 1. The van der Waals surface area contributed by atoms with Gasteiger partial charge in [-0.15, -0.1) is 0 Å². The number of aliphatic hydroxyl groups excluding tert-OH is 1. The Morgan fingerprint density at radius 3 is 2.29 bits per heavy atom. The minimum Gasteiger partial charge on any atom is -0.503 e. The fourth-order valence-corrected chi connectivity index (χ4v) is 3.10. The number of nitrogens with zero attached hydrogens (tertiary/aromatic N) is 1. The second kappa shape index (κ2) is 6.99. The van der Waals surface area contributed by atoms with E-state index in [0.717, 1.165) is 0 Å². The molecule has 146 valence electrons. The Morgan fingerprint density at radius 2 is 1.79 bits per heavy atom. The first-order valence-corrected chi connectivity index (χ1v) is 8.70. The lowest BCUT2D eigenvalue weighted by Gasteiger charge is -2.27. The third kappa shape index (κ3) is 3.19. The maximum atomic E-state index is 13.0. The number of amides is 1. The summed E-state index contributed by atoms with van der Waals surface area (Å²) in [5, 5.41) is 10.5. The van der Waals surface area contributed by atoms with Crippen molar-refractivity contribution in [3.05, 3.63) is 65.3 Å². The van der Waals surface area contributed by atoms with Gasteiger partial charge in [-0.05, 0) is 36.4 Å². The van der Waals surface area contributed by atoms with Gasteiger partial charge in [0.15, 0.2) is 11.5 Å². The normalized spacial score (nSPS) is 17.2. The van der Waals surface area contributed by atoms with Gasteiger partial charge in [-0.1, -0.05) is 20.8 Å². The summed E-state index contributed by atoms with van der Waals surface area (Å²) in [6, 6.07) is 8.51. The summed E-state index contributed by atoms with van der Waals surface area (Å²) in [6.07, 6.45) is 1.44. The van der Waals surface area contributed by atoms with E-state index in [1.807, 2.05) is 0 Å². The average Bonchev–Trinajstić information content (AvgIpc) is 3.27. The molecule has 0 radical (unpaired) electrons. The molecule has 2 aromatic rings. The fraction of sp³-hybridized carbons (Fsp3) is 0.286. The topological polar surface area (TPSA) is 97.0 Å². The zero-order valence-corrected chi connectivity index (χ0v) is 16.1. The molecule has 1 aromatic carbocycles. The molecule has 2 heterocycles. The molecule has 0 aliphatic carbocycles. The third-order valence-electron chi connectivity index (χ3n) is 4.51. The third-order valence-corrected chi connectivity index (χ3v) is 4.51. The van der Waals surface area contributed by atoms with Gasteiger partial charge >= 0.3 is 5.97 Å². The first kappa shape index (κ1) is 19.4. The van der Waals surface area contributed by atoms with Gasteiger partial charge in [-0.25, -0.2) is 4.79 Å². The van der Waals surface area contributed by atoms with Crippen LogP contribution in [0, 0.1) is 5.41 Å². The summed E-state index contributed by atoms with van der Waals surface area (Å²) < 4.78 is 10.2. The van der Waals surface area contributed by atoms with E-state index < -0.39 is 29.1 Å². The number of carbonyl (C=O) groups is 3. The number of benzene rings is 1. The van der Waals surface area contributed by atoms with Crippen molar-refractivity contribution in [2.24, 2.45) is 5.41 Å². The van der Waals surface area contributed by atoms with E-state index in [2.05, 4.69) is 4.74 Å². The fourth-order valence-electron chi connectivity index (χ4n) is 3.10. The lowest BCUT2D eigenvalue weighted by Crippen LogP contribution is -2.32. The van der Waals surface area contributed by atoms with Gasteiger partial charge in [0.05, 0.1) is 24.5 Å². The highest BCUT2D eigenvalue weighted by Crippen LogP contribution is 2.43. The maximum Gasteiger partial charge on any atom is 0.337 e. The zero-order valence-electron chi connectivity index (χ0n) is 16.1. The van der Waals surface area contributed by atoms with E-state index in [4.69, 9.17) is 4.42 Å². The molecule has 7 nitrogen and oxygen atoms in total. The van der Waals surface area contributed by atoms with Crippen molar-refractivity contribution in [2.45, 2.75) is 26.8 Å². The monoisotopic (exact) mass is 383 g/mol. The number of furan rings is 1. The van der Waals surface area contributed by atoms with Gasteiger partial charge in [0.25, 0.3) is 5.91 Å². The van der Waals surface area contributed by atoms with Crippen LogP contribution in [-0.2, 0) is 14.3 Å². The van der Waals surface area contributed by atoms with Crippen LogP contribution in [0.5, 0.6) is 0 Å². The molecule has 0 saturated heterocycles. The number of esters is 1. The summed E-state index contributed by atoms with van der Waals surface area (Å²) >= 11 is 0. The number of hydrogen-bond acceptors (Lipinski definition) is 6. The average molecular weight is 383 g/mol. The van der Waals surface area contributed by atoms with Crippen molar-refractivity contribution in [2.75, 3.05) is 12.0 Å². The van der Waals surface area contributed by atoms with Crippen molar-refractivity contribution in [1.82, 2.24) is 0 Å². The van der Waals surface area contributed by atoms with Gasteiger partial charge in [0, 0.05) is 11.1 Å². The summed E-state index contributed by atoms with van der Waals surface area (Å²) in [7, 11) is 1.28. The second-order valence-corrected chi connectivity index (χ2v) is 7.47. The van der Waals surface area contributed by atoms with Crippen LogP contribution in [0.3, 0.4) is 0 Å². The molecule has 0 fully saturated rings. The van der Waals surface area contributed by atoms with Gasteiger partial charge in [0.2, 0.25) is 0 Å². The number of aliphatic hydroxyl groups is 1. The second-order valence-electron chi connectivity index (χ2n) is 7.47. The molecular weight excluding hydrogens is 362 g/mol. The minimum atomic E-state index is -0.904. The van der Waals surface area contributed by atoms with E-state index in [9.17, 15) is 19.5 Å². The van der Waals surface area contributed by atoms with Crippen molar-refractivity contribution in [1.29, 1.82) is 0 Å². The quantitative estimate of drug-likeness (QED) is 0.811. The predicted molar refractivity (Wildman–Crippen MR) is 101 cm³/mol. The van der Waals surface area contributed by atoms with Crippen LogP contribution in [0.4, 0.5) is 5.69 Å². The molecule has 1 amide bonds. The Bertz CT molecular complexity index is 948. The van der Waals surface area contributed by atoms with Crippen LogP contribution in [0.25, 0.3) is 0 Å². The Balaban J connectivity index is 2.10. The van der Waals surface area contributed by atoms with Crippen LogP contribution in [0.15, 0.2) is 58.4 Å². The van der Waals surface area contributed by atoms with Gasteiger partial charge in [-0.3, -0.25) is 14.5 Å². The van der Waals surface area contributed by atoms with E-state index in [1.165, 1.54) is 30.4 Å².